The van der Waals surface area contributed by atoms with Gasteiger partial charge in [-0.25, -0.2) is 0 Å². The van der Waals surface area contributed by atoms with Crippen LogP contribution < -0.4 is 0 Å². The van der Waals surface area contributed by atoms with Gasteiger partial charge in [-0.05, 0) is 28.7 Å². The van der Waals surface area contributed by atoms with Crippen molar-refractivity contribution in [1.82, 2.24) is 9.80 Å². The normalized spacial score (nSPS) is 28.0. The van der Waals surface area contributed by atoms with Gasteiger partial charge >= 0.3 is 0 Å². The molecule has 3 fully saturated rings. The SMILES string of the molecule is CC(C)(C)c1ccc(C(=O)N2CC[C@@]34OC[C@@H](c5ccccc5)N3C(=O)C[C@@H]24)cc1. The van der Waals surface area contributed by atoms with Gasteiger partial charge in [0.2, 0.25) is 5.91 Å². The minimum Gasteiger partial charge on any atom is -0.351 e. The second-order valence-corrected chi connectivity index (χ2v) is 9.64. The van der Waals surface area contributed by atoms with Crippen LogP contribution in [0.5, 0.6) is 0 Å². The van der Waals surface area contributed by atoms with Crippen LogP contribution in [0.3, 0.4) is 0 Å². The lowest BCUT2D eigenvalue weighted by Gasteiger charge is -2.33. The first-order valence-corrected chi connectivity index (χ1v) is 10.7. The standard InChI is InChI=1S/C25H28N2O3/c1-24(2,3)19-11-9-18(10-12-19)23(29)26-14-13-25-21(26)15-22(28)27(25)20(16-30-25)17-7-5-4-6-8-17/h4-12,20-21H,13-16H2,1-3H3/t20-,21+,25-/m0/s1. The van der Waals surface area contributed by atoms with Crippen molar-refractivity contribution in [1.29, 1.82) is 0 Å². The first kappa shape index (κ1) is 19.3. The van der Waals surface area contributed by atoms with Gasteiger partial charge in [0.1, 0.15) is 0 Å². The lowest BCUT2D eigenvalue weighted by Crippen LogP contribution is -2.49. The first-order valence-electron chi connectivity index (χ1n) is 10.7. The van der Waals surface area contributed by atoms with E-state index in [9.17, 15) is 9.59 Å². The monoisotopic (exact) mass is 404 g/mol. The van der Waals surface area contributed by atoms with E-state index >= 15 is 0 Å². The van der Waals surface area contributed by atoms with E-state index in [1.165, 1.54) is 5.56 Å². The molecule has 0 bridgehead atoms. The number of carbonyl (C=O) groups is 2. The van der Waals surface area contributed by atoms with Crippen LogP contribution >= 0.6 is 0 Å². The molecular weight excluding hydrogens is 376 g/mol. The summed E-state index contributed by atoms with van der Waals surface area (Å²) in [5.41, 5.74) is 2.32. The molecule has 1 spiro atoms. The fourth-order valence-corrected chi connectivity index (χ4v) is 5.29. The summed E-state index contributed by atoms with van der Waals surface area (Å²) in [4.78, 5) is 30.1. The molecular formula is C25H28N2O3. The maximum atomic E-state index is 13.3. The number of ether oxygens (including phenoxy) is 1. The Labute approximate surface area is 177 Å². The molecule has 156 valence electrons. The van der Waals surface area contributed by atoms with Crippen LogP contribution in [0.2, 0.25) is 0 Å². The number of hydrogen-bond donors (Lipinski definition) is 0. The summed E-state index contributed by atoms with van der Waals surface area (Å²) in [7, 11) is 0. The highest BCUT2D eigenvalue weighted by Crippen LogP contribution is 2.51. The molecule has 2 aromatic rings. The van der Waals surface area contributed by atoms with Crippen molar-refractivity contribution < 1.29 is 14.3 Å². The van der Waals surface area contributed by atoms with Gasteiger partial charge in [-0.3, -0.25) is 9.59 Å². The van der Waals surface area contributed by atoms with Crippen LogP contribution in [0.25, 0.3) is 0 Å². The molecule has 0 N–H and O–H groups in total. The van der Waals surface area contributed by atoms with Crippen molar-refractivity contribution in [3.63, 3.8) is 0 Å². The highest BCUT2D eigenvalue weighted by atomic mass is 16.5. The van der Waals surface area contributed by atoms with E-state index in [1.807, 2.05) is 64.4 Å². The molecule has 3 atom stereocenters. The van der Waals surface area contributed by atoms with Gasteiger partial charge in [-0.1, -0.05) is 63.2 Å². The number of benzene rings is 2. The quantitative estimate of drug-likeness (QED) is 0.763. The summed E-state index contributed by atoms with van der Waals surface area (Å²) in [5.74, 6) is 0.0608. The van der Waals surface area contributed by atoms with Gasteiger partial charge in [-0.15, -0.1) is 0 Å². The Morgan fingerprint density at radius 2 is 1.77 bits per heavy atom. The minimum absolute atomic E-state index is 0.0151. The number of hydrogen-bond acceptors (Lipinski definition) is 3. The summed E-state index contributed by atoms with van der Waals surface area (Å²) < 4.78 is 6.32. The molecule has 3 saturated heterocycles. The number of likely N-dealkylation sites (tertiary alicyclic amines) is 1. The van der Waals surface area contributed by atoms with E-state index in [2.05, 4.69) is 20.8 Å². The zero-order chi connectivity index (χ0) is 21.1. The number of carbonyl (C=O) groups excluding carboxylic acids is 2. The maximum Gasteiger partial charge on any atom is 0.254 e. The third kappa shape index (κ3) is 2.79. The molecule has 0 radical (unpaired) electrons. The summed E-state index contributed by atoms with van der Waals surface area (Å²) in [6.45, 7) is 7.57. The van der Waals surface area contributed by atoms with Crippen LogP contribution in [0.1, 0.15) is 61.1 Å². The Morgan fingerprint density at radius 3 is 2.43 bits per heavy atom. The summed E-state index contributed by atoms with van der Waals surface area (Å²) in [6.07, 6.45) is 0.994. The Balaban J connectivity index is 1.41. The lowest BCUT2D eigenvalue weighted by molar-refractivity contribution is -0.138. The number of nitrogens with zero attached hydrogens (tertiary/aromatic N) is 2. The molecule has 3 aliphatic heterocycles. The number of amides is 2. The second kappa shape index (κ2) is 6.67. The van der Waals surface area contributed by atoms with Crippen LogP contribution in [0.15, 0.2) is 54.6 Å². The van der Waals surface area contributed by atoms with Gasteiger partial charge < -0.3 is 14.5 Å². The number of rotatable bonds is 2. The molecule has 3 heterocycles. The van der Waals surface area contributed by atoms with Crippen molar-refractivity contribution in [3.8, 4) is 0 Å². The predicted octanol–water partition coefficient (Wildman–Crippen LogP) is 3.90. The summed E-state index contributed by atoms with van der Waals surface area (Å²) in [5, 5.41) is 0. The van der Waals surface area contributed by atoms with E-state index < -0.39 is 5.72 Å². The predicted molar refractivity (Wildman–Crippen MR) is 114 cm³/mol. The Bertz CT molecular complexity index is 980. The van der Waals surface area contributed by atoms with Gasteiger partial charge in [0.25, 0.3) is 5.91 Å². The van der Waals surface area contributed by atoms with Crippen molar-refractivity contribution >= 4 is 11.8 Å². The third-order valence-corrected chi connectivity index (χ3v) is 6.90. The molecule has 0 aromatic heterocycles. The molecule has 0 saturated carbocycles. The lowest BCUT2D eigenvalue weighted by atomic mass is 9.86. The molecule has 2 amide bonds. The molecule has 5 rings (SSSR count). The molecule has 5 heteroatoms. The van der Waals surface area contributed by atoms with Gasteiger partial charge in [-0.2, -0.15) is 0 Å². The van der Waals surface area contributed by atoms with E-state index in [-0.39, 0.29) is 29.3 Å². The smallest absolute Gasteiger partial charge is 0.254 e. The van der Waals surface area contributed by atoms with Crippen molar-refractivity contribution in [3.05, 3.63) is 71.3 Å². The Kier molecular flexibility index (Phi) is 4.30. The van der Waals surface area contributed by atoms with Gasteiger partial charge in [0.15, 0.2) is 5.72 Å². The van der Waals surface area contributed by atoms with E-state index in [0.29, 0.717) is 31.6 Å². The van der Waals surface area contributed by atoms with Crippen LogP contribution in [-0.4, -0.2) is 46.5 Å². The second-order valence-electron chi connectivity index (χ2n) is 9.64. The zero-order valence-electron chi connectivity index (χ0n) is 17.8. The largest absolute Gasteiger partial charge is 0.351 e. The van der Waals surface area contributed by atoms with Gasteiger partial charge in [0, 0.05) is 18.5 Å². The molecule has 2 aromatic carbocycles. The highest BCUT2D eigenvalue weighted by molar-refractivity contribution is 5.96. The van der Waals surface area contributed by atoms with E-state index in [4.69, 9.17) is 4.74 Å². The molecule has 0 unspecified atom stereocenters. The van der Waals surface area contributed by atoms with Gasteiger partial charge in [0.05, 0.1) is 25.1 Å². The fourth-order valence-electron chi connectivity index (χ4n) is 5.29. The van der Waals surface area contributed by atoms with Crippen molar-refractivity contribution in [2.24, 2.45) is 0 Å². The van der Waals surface area contributed by atoms with Crippen LogP contribution in [0.4, 0.5) is 0 Å². The maximum absolute atomic E-state index is 13.3. The minimum atomic E-state index is -0.682. The molecule has 30 heavy (non-hydrogen) atoms. The molecule has 3 aliphatic rings. The average molecular weight is 405 g/mol. The average Bonchev–Trinajstić information content (AvgIpc) is 3.36. The third-order valence-electron chi connectivity index (χ3n) is 6.90. The van der Waals surface area contributed by atoms with E-state index in [1.54, 1.807) is 0 Å². The summed E-state index contributed by atoms with van der Waals surface area (Å²) in [6, 6.07) is 17.6. The highest BCUT2D eigenvalue weighted by Gasteiger charge is 2.65. The van der Waals surface area contributed by atoms with E-state index in [0.717, 1.165) is 5.56 Å². The van der Waals surface area contributed by atoms with Crippen molar-refractivity contribution in [2.75, 3.05) is 13.2 Å². The first-order chi connectivity index (χ1) is 14.3. The Morgan fingerprint density at radius 1 is 1.07 bits per heavy atom. The van der Waals surface area contributed by atoms with Crippen LogP contribution in [0, 0.1) is 0 Å². The molecule has 5 nitrogen and oxygen atoms in total. The zero-order valence-corrected chi connectivity index (χ0v) is 17.8. The Hall–Kier alpha value is -2.66. The fraction of sp³-hybridized carbons (Fsp3) is 0.440. The van der Waals surface area contributed by atoms with Crippen LogP contribution in [-0.2, 0) is 14.9 Å². The summed E-state index contributed by atoms with van der Waals surface area (Å²) >= 11 is 0. The topological polar surface area (TPSA) is 49.9 Å². The molecule has 0 aliphatic carbocycles. The van der Waals surface area contributed by atoms with Crippen molar-refractivity contribution in [2.45, 2.75) is 56.8 Å².